The van der Waals surface area contributed by atoms with Crippen LogP contribution in [-0.4, -0.2) is 20.5 Å². The van der Waals surface area contributed by atoms with Crippen LogP contribution in [-0.2, 0) is 6.54 Å². The Bertz CT molecular complexity index is 742. The first-order valence-electron chi connectivity index (χ1n) is 6.41. The molecule has 0 radical (unpaired) electrons. The topological polar surface area (TPSA) is 73.8 Å². The maximum atomic E-state index is 9.40. The number of benzene rings is 2. The minimum Gasteiger partial charge on any atom is -0.506 e. The van der Waals surface area contributed by atoms with Gasteiger partial charge in [0.05, 0.1) is 11.6 Å². The predicted molar refractivity (Wildman–Crippen MR) is 82.3 cm³/mol. The normalized spacial score (nSPS) is 10.5. The predicted octanol–water partition coefficient (Wildman–Crippen LogP) is 3.44. The number of phenols is 1. The van der Waals surface area contributed by atoms with E-state index in [2.05, 4.69) is 20.7 Å². The van der Waals surface area contributed by atoms with Gasteiger partial charge in [0.1, 0.15) is 17.1 Å². The number of aromatic amines is 1. The Kier molecular flexibility index (Phi) is 3.75. The first kappa shape index (κ1) is 13.5. The maximum absolute atomic E-state index is 9.40. The number of hydrogen-bond donors (Lipinski definition) is 3. The van der Waals surface area contributed by atoms with Gasteiger partial charge in [-0.3, -0.25) is 0 Å². The second kappa shape index (κ2) is 5.85. The molecule has 0 saturated heterocycles. The molecular weight excluding hydrogens is 288 g/mol. The van der Waals surface area contributed by atoms with Crippen LogP contribution < -0.4 is 5.32 Å². The third kappa shape index (κ3) is 2.98. The molecule has 0 aliphatic heterocycles. The zero-order chi connectivity index (χ0) is 14.7. The Morgan fingerprint density at radius 1 is 1.10 bits per heavy atom. The molecule has 0 aliphatic carbocycles. The van der Waals surface area contributed by atoms with Crippen molar-refractivity contribution in [3.05, 3.63) is 59.2 Å². The van der Waals surface area contributed by atoms with Crippen molar-refractivity contribution >= 4 is 17.3 Å². The summed E-state index contributed by atoms with van der Waals surface area (Å²) < 4.78 is 0. The maximum Gasteiger partial charge on any atom is 0.134 e. The Hall–Kier alpha value is -2.53. The third-order valence-electron chi connectivity index (χ3n) is 3.07. The summed E-state index contributed by atoms with van der Waals surface area (Å²) in [6, 6.07) is 14.8. The van der Waals surface area contributed by atoms with E-state index in [9.17, 15) is 5.11 Å². The molecule has 0 unspecified atom stereocenters. The van der Waals surface area contributed by atoms with E-state index in [1.54, 1.807) is 18.2 Å². The highest BCUT2D eigenvalue weighted by Gasteiger charge is 2.10. The number of nitrogens with zero attached hydrogens (tertiary/aromatic N) is 2. The molecule has 0 bridgehead atoms. The number of nitrogens with one attached hydrogen (secondary N) is 2. The van der Waals surface area contributed by atoms with E-state index in [4.69, 9.17) is 11.6 Å². The molecule has 21 heavy (non-hydrogen) atoms. The Labute approximate surface area is 126 Å². The number of halogens is 1. The van der Waals surface area contributed by atoms with Crippen LogP contribution in [0.4, 0.5) is 5.69 Å². The van der Waals surface area contributed by atoms with Gasteiger partial charge in [-0.25, -0.2) is 0 Å². The van der Waals surface area contributed by atoms with Crippen molar-refractivity contribution in [2.24, 2.45) is 0 Å². The first-order chi connectivity index (χ1) is 10.2. The molecule has 5 nitrogen and oxygen atoms in total. The Balaban J connectivity index is 1.77. The van der Waals surface area contributed by atoms with E-state index in [0.29, 0.717) is 11.6 Å². The van der Waals surface area contributed by atoms with Crippen LogP contribution in [0.2, 0.25) is 5.02 Å². The molecule has 0 spiro atoms. The highest BCUT2D eigenvalue weighted by molar-refractivity contribution is 6.32. The minimum absolute atomic E-state index is 0.0635. The molecular formula is C15H13ClN4O. The molecule has 0 atom stereocenters. The minimum atomic E-state index is 0.0635. The van der Waals surface area contributed by atoms with Gasteiger partial charge in [0.25, 0.3) is 0 Å². The first-order valence-corrected chi connectivity index (χ1v) is 6.79. The summed E-state index contributed by atoms with van der Waals surface area (Å²) in [5.74, 6) is 0.0635. The number of hydrogen-bond acceptors (Lipinski definition) is 4. The Morgan fingerprint density at radius 2 is 1.90 bits per heavy atom. The van der Waals surface area contributed by atoms with Gasteiger partial charge in [-0.05, 0) is 18.2 Å². The monoisotopic (exact) mass is 300 g/mol. The van der Waals surface area contributed by atoms with Crippen LogP contribution in [0.3, 0.4) is 0 Å². The van der Waals surface area contributed by atoms with Gasteiger partial charge < -0.3 is 10.4 Å². The molecule has 3 N–H and O–H groups in total. The second-order valence-corrected chi connectivity index (χ2v) is 4.91. The van der Waals surface area contributed by atoms with E-state index in [0.717, 1.165) is 22.6 Å². The van der Waals surface area contributed by atoms with Crippen molar-refractivity contribution in [3.8, 4) is 17.0 Å². The molecule has 6 heteroatoms. The smallest absolute Gasteiger partial charge is 0.134 e. The van der Waals surface area contributed by atoms with Gasteiger partial charge in [-0.2, -0.15) is 15.4 Å². The molecule has 3 aromatic rings. The molecule has 2 aromatic carbocycles. The van der Waals surface area contributed by atoms with Crippen LogP contribution in [0.15, 0.2) is 48.5 Å². The quantitative estimate of drug-likeness (QED) is 0.645. The standard InChI is InChI=1S/C15H13ClN4O/c16-12-8-11(6-7-14(12)21)17-9-13-15(19-20-18-13)10-4-2-1-3-5-10/h1-8,17,21H,9H2,(H,18,19,20). The highest BCUT2D eigenvalue weighted by atomic mass is 35.5. The van der Waals surface area contributed by atoms with Crippen LogP contribution in [0.1, 0.15) is 5.69 Å². The van der Waals surface area contributed by atoms with E-state index in [1.165, 1.54) is 0 Å². The van der Waals surface area contributed by atoms with Crippen molar-refractivity contribution in [2.45, 2.75) is 6.54 Å². The van der Waals surface area contributed by atoms with Crippen molar-refractivity contribution in [3.63, 3.8) is 0 Å². The van der Waals surface area contributed by atoms with Crippen LogP contribution >= 0.6 is 11.6 Å². The zero-order valence-electron chi connectivity index (χ0n) is 11.0. The van der Waals surface area contributed by atoms with Crippen LogP contribution in [0, 0.1) is 0 Å². The van der Waals surface area contributed by atoms with Gasteiger partial charge in [0, 0.05) is 11.3 Å². The second-order valence-electron chi connectivity index (χ2n) is 4.50. The summed E-state index contributed by atoms with van der Waals surface area (Å²) in [4.78, 5) is 0. The lowest BCUT2D eigenvalue weighted by Crippen LogP contribution is -2.01. The molecule has 3 rings (SSSR count). The summed E-state index contributed by atoms with van der Waals surface area (Å²) in [6.07, 6.45) is 0. The van der Waals surface area contributed by atoms with Crippen LogP contribution in [0.5, 0.6) is 5.75 Å². The zero-order valence-corrected chi connectivity index (χ0v) is 11.8. The fourth-order valence-corrected chi connectivity index (χ4v) is 2.19. The molecule has 106 valence electrons. The van der Waals surface area contributed by atoms with Gasteiger partial charge >= 0.3 is 0 Å². The number of aromatic hydroxyl groups is 1. The highest BCUT2D eigenvalue weighted by Crippen LogP contribution is 2.26. The van der Waals surface area contributed by atoms with Gasteiger partial charge in [-0.15, -0.1) is 0 Å². The van der Waals surface area contributed by atoms with Crippen molar-refractivity contribution in [1.29, 1.82) is 0 Å². The third-order valence-corrected chi connectivity index (χ3v) is 3.38. The number of phenolic OH excluding ortho intramolecular Hbond substituents is 1. The Morgan fingerprint density at radius 3 is 2.67 bits per heavy atom. The lowest BCUT2D eigenvalue weighted by Gasteiger charge is -2.07. The van der Waals surface area contributed by atoms with Gasteiger partial charge in [0.2, 0.25) is 0 Å². The number of H-pyrrole nitrogens is 1. The summed E-state index contributed by atoms with van der Waals surface area (Å²) in [5.41, 5.74) is 3.44. The van der Waals surface area contributed by atoms with E-state index < -0.39 is 0 Å². The summed E-state index contributed by atoms with van der Waals surface area (Å²) in [6.45, 7) is 0.502. The average molecular weight is 301 g/mol. The molecule has 0 amide bonds. The summed E-state index contributed by atoms with van der Waals surface area (Å²) in [5, 5.41) is 23.9. The summed E-state index contributed by atoms with van der Waals surface area (Å²) in [7, 11) is 0. The number of anilines is 1. The number of rotatable bonds is 4. The lowest BCUT2D eigenvalue weighted by molar-refractivity contribution is 0.475. The van der Waals surface area contributed by atoms with E-state index in [-0.39, 0.29) is 5.75 Å². The fraction of sp³-hybridized carbons (Fsp3) is 0.0667. The van der Waals surface area contributed by atoms with Gasteiger partial charge in [-0.1, -0.05) is 41.9 Å². The average Bonchev–Trinajstić information content (AvgIpc) is 2.98. The lowest BCUT2D eigenvalue weighted by atomic mass is 10.1. The molecule has 0 aliphatic rings. The SMILES string of the molecule is Oc1ccc(NCc2n[nH]nc2-c2ccccc2)cc1Cl. The van der Waals surface area contributed by atoms with Crippen LogP contribution in [0.25, 0.3) is 11.3 Å². The van der Waals surface area contributed by atoms with Crippen molar-refractivity contribution < 1.29 is 5.11 Å². The van der Waals surface area contributed by atoms with E-state index >= 15 is 0 Å². The molecule has 1 aromatic heterocycles. The van der Waals surface area contributed by atoms with Crippen molar-refractivity contribution in [1.82, 2.24) is 15.4 Å². The summed E-state index contributed by atoms with van der Waals surface area (Å²) >= 11 is 5.88. The van der Waals surface area contributed by atoms with Gasteiger partial charge in [0.15, 0.2) is 0 Å². The number of aromatic nitrogens is 3. The van der Waals surface area contributed by atoms with E-state index in [1.807, 2.05) is 30.3 Å². The molecule has 0 saturated carbocycles. The largest absolute Gasteiger partial charge is 0.506 e. The van der Waals surface area contributed by atoms with Crippen molar-refractivity contribution in [2.75, 3.05) is 5.32 Å². The molecule has 1 heterocycles. The fourth-order valence-electron chi connectivity index (χ4n) is 2.01. The molecule has 0 fully saturated rings.